The van der Waals surface area contributed by atoms with E-state index in [4.69, 9.17) is 0 Å². The van der Waals surface area contributed by atoms with Crippen molar-refractivity contribution in [3.63, 3.8) is 0 Å². The van der Waals surface area contributed by atoms with Gasteiger partial charge in [-0.3, -0.25) is 4.99 Å². The SMILES string of the molecule is Cc1cccc(CCN=Cc2cc(Br)ccc2O)c1. The molecule has 0 heterocycles. The van der Waals surface area contributed by atoms with Gasteiger partial charge in [0.15, 0.2) is 0 Å². The van der Waals surface area contributed by atoms with Gasteiger partial charge in [0.05, 0.1) is 0 Å². The van der Waals surface area contributed by atoms with Crippen molar-refractivity contribution in [2.45, 2.75) is 13.3 Å². The van der Waals surface area contributed by atoms with E-state index in [9.17, 15) is 5.11 Å². The van der Waals surface area contributed by atoms with E-state index >= 15 is 0 Å². The summed E-state index contributed by atoms with van der Waals surface area (Å²) in [6, 6.07) is 13.8. The molecule has 0 aromatic heterocycles. The number of aliphatic imine (C=N–C) groups is 1. The van der Waals surface area contributed by atoms with E-state index in [1.165, 1.54) is 11.1 Å². The van der Waals surface area contributed by atoms with Crippen molar-refractivity contribution < 1.29 is 5.11 Å². The van der Waals surface area contributed by atoms with Gasteiger partial charge in [0, 0.05) is 22.8 Å². The molecule has 0 radical (unpaired) electrons. The van der Waals surface area contributed by atoms with E-state index in [1.807, 2.05) is 6.07 Å². The number of halogens is 1. The van der Waals surface area contributed by atoms with E-state index in [-0.39, 0.29) is 5.75 Å². The Morgan fingerprint density at radius 2 is 2.05 bits per heavy atom. The van der Waals surface area contributed by atoms with Crippen LogP contribution >= 0.6 is 15.9 Å². The Labute approximate surface area is 122 Å². The van der Waals surface area contributed by atoms with Gasteiger partial charge < -0.3 is 5.11 Å². The van der Waals surface area contributed by atoms with Crippen LogP contribution in [0.1, 0.15) is 16.7 Å². The van der Waals surface area contributed by atoms with Gasteiger partial charge in [-0.25, -0.2) is 0 Å². The Hall–Kier alpha value is -1.61. The molecule has 0 aliphatic rings. The van der Waals surface area contributed by atoms with E-state index in [2.05, 4.69) is 52.1 Å². The molecule has 2 nitrogen and oxygen atoms in total. The first-order valence-corrected chi connectivity index (χ1v) is 6.98. The largest absolute Gasteiger partial charge is 0.507 e. The molecule has 19 heavy (non-hydrogen) atoms. The van der Waals surface area contributed by atoms with Crippen molar-refractivity contribution >= 4 is 22.1 Å². The van der Waals surface area contributed by atoms with Crippen LogP contribution in [0.3, 0.4) is 0 Å². The molecule has 2 rings (SSSR count). The van der Waals surface area contributed by atoms with Gasteiger partial charge >= 0.3 is 0 Å². The van der Waals surface area contributed by atoms with E-state index in [0.717, 1.165) is 23.0 Å². The molecule has 98 valence electrons. The number of aryl methyl sites for hydroxylation is 1. The molecule has 0 saturated heterocycles. The van der Waals surface area contributed by atoms with Crippen LogP contribution in [0.25, 0.3) is 0 Å². The Morgan fingerprint density at radius 1 is 1.21 bits per heavy atom. The lowest BCUT2D eigenvalue weighted by Gasteiger charge is -2.01. The number of aromatic hydroxyl groups is 1. The fraction of sp³-hybridized carbons (Fsp3) is 0.188. The minimum absolute atomic E-state index is 0.252. The van der Waals surface area contributed by atoms with Crippen LogP contribution in [0.4, 0.5) is 0 Å². The third-order valence-electron chi connectivity index (χ3n) is 2.83. The number of phenols is 1. The van der Waals surface area contributed by atoms with Crippen molar-refractivity contribution in [1.29, 1.82) is 0 Å². The van der Waals surface area contributed by atoms with E-state index in [0.29, 0.717) is 0 Å². The molecule has 0 bridgehead atoms. The second-order valence-electron chi connectivity index (χ2n) is 4.48. The highest BCUT2D eigenvalue weighted by atomic mass is 79.9. The summed E-state index contributed by atoms with van der Waals surface area (Å²) in [6.07, 6.45) is 2.63. The molecule has 0 aliphatic carbocycles. The summed E-state index contributed by atoms with van der Waals surface area (Å²) >= 11 is 3.38. The molecule has 0 unspecified atom stereocenters. The fourth-order valence-electron chi connectivity index (χ4n) is 1.85. The number of nitrogens with zero attached hydrogens (tertiary/aromatic N) is 1. The summed E-state index contributed by atoms with van der Waals surface area (Å²) in [5, 5.41) is 9.68. The lowest BCUT2D eigenvalue weighted by Crippen LogP contribution is -1.91. The van der Waals surface area contributed by atoms with Gasteiger partial charge in [0.1, 0.15) is 5.75 Å². The minimum Gasteiger partial charge on any atom is -0.507 e. The van der Waals surface area contributed by atoms with Crippen LogP contribution in [0.5, 0.6) is 5.75 Å². The summed E-state index contributed by atoms with van der Waals surface area (Å²) < 4.78 is 0.936. The van der Waals surface area contributed by atoms with Gasteiger partial charge in [0.2, 0.25) is 0 Å². The second kappa shape index (κ2) is 6.53. The van der Waals surface area contributed by atoms with Crippen molar-refractivity contribution in [1.82, 2.24) is 0 Å². The number of benzene rings is 2. The fourth-order valence-corrected chi connectivity index (χ4v) is 2.23. The highest BCUT2D eigenvalue weighted by molar-refractivity contribution is 9.10. The highest BCUT2D eigenvalue weighted by Crippen LogP contribution is 2.20. The van der Waals surface area contributed by atoms with E-state index < -0.39 is 0 Å². The van der Waals surface area contributed by atoms with Gasteiger partial charge in [-0.1, -0.05) is 45.8 Å². The second-order valence-corrected chi connectivity index (χ2v) is 5.39. The molecular weight excluding hydrogens is 302 g/mol. The summed E-state index contributed by atoms with van der Waals surface area (Å²) in [6.45, 7) is 2.81. The third kappa shape index (κ3) is 4.21. The molecule has 0 saturated carbocycles. The quantitative estimate of drug-likeness (QED) is 0.845. The smallest absolute Gasteiger partial charge is 0.124 e. The van der Waals surface area contributed by atoms with Gasteiger partial charge in [-0.2, -0.15) is 0 Å². The summed E-state index contributed by atoms with van der Waals surface area (Å²) in [5.41, 5.74) is 3.29. The zero-order chi connectivity index (χ0) is 13.7. The molecule has 1 N–H and O–H groups in total. The predicted molar refractivity (Wildman–Crippen MR) is 83.2 cm³/mol. The highest BCUT2D eigenvalue weighted by Gasteiger charge is 1.98. The number of hydrogen-bond donors (Lipinski definition) is 1. The van der Waals surface area contributed by atoms with Crippen molar-refractivity contribution in [2.24, 2.45) is 4.99 Å². The summed E-state index contributed by atoms with van der Waals surface area (Å²) in [4.78, 5) is 4.36. The molecule has 0 fully saturated rings. The lowest BCUT2D eigenvalue weighted by molar-refractivity contribution is 0.474. The van der Waals surface area contributed by atoms with Crippen LogP contribution in [0, 0.1) is 6.92 Å². The average molecular weight is 318 g/mol. The summed E-state index contributed by atoms with van der Waals surface area (Å²) in [7, 11) is 0. The topological polar surface area (TPSA) is 32.6 Å². The predicted octanol–water partition coefficient (Wildman–Crippen LogP) is 4.12. The minimum atomic E-state index is 0.252. The first kappa shape index (κ1) is 13.8. The average Bonchev–Trinajstić information content (AvgIpc) is 2.39. The Kier molecular flexibility index (Phi) is 4.74. The molecule has 2 aromatic carbocycles. The van der Waals surface area contributed by atoms with Gasteiger partial charge in [-0.15, -0.1) is 0 Å². The molecule has 2 aromatic rings. The number of hydrogen-bond acceptors (Lipinski definition) is 2. The van der Waals surface area contributed by atoms with Gasteiger partial charge in [0.25, 0.3) is 0 Å². The van der Waals surface area contributed by atoms with Crippen LogP contribution in [0.2, 0.25) is 0 Å². The molecule has 0 amide bonds. The molecular formula is C16H16BrNO. The molecule has 3 heteroatoms. The Balaban J connectivity index is 1.95. The maximum Gasteiger partial charge on any atom is 0.124 e. The van der Waals surface area contributed by atoms with Crippen LogP contribution < -0.4 is 0 Å². The van der Waals surface area contributed by atoms with E-state index in [1.54, 1.807) is 18.3 Å². The zero-order valence-electron chi connectivity index (χ0n) is 10.8. The first-order chi connectivity index (χ1) is 9.15. The standard InChI is InChI=1S/C16H16BrNO/c1-12-3-2-4-13(9-12)7-8-18-11-14-10-15(17)5-6-16(14)19/h2-6,9-11,19H,7-8H2,1H3. The lowest BCUT2D eigenvalue weighted by atomic mass is 10.1. The molecule has 0 spiro atoms. The van der Waals surface area contributed by atoms with Crippen molar-refractivity contribution in [3.8, 4) is 5.75 Å². The van der Waals surface area contributed by atoms with Crippen LogP contribution in [-0.4, -0.2) is 17.9 Å². The Bertz CT molecular complexity index is 593. The number of phenolic OH excluding ortho intramolecular Hbond substituents is 1. The third-order valence-corrected chi connectivity index (χ3v) is 3.33. The maximum absolute atomic E-state index is 9.68. The monoisotopic (exact) mass is 317 g/mol. The molecule has 0 atom stereocenters. The summed E-state index contributed by atoms with van der Waals surface area (Å²) in [5.74, 6) is 0.252. The van der Waals surface area contributed by atoms with Crippen molar-refractivity contribution in [3.05, 3.63) is 63.6 Å². The molecule has 0 aliphatic heterocycles. The van der Waals surface area contributed by atoms with Crippen LogP contribution in [-0.2, 0) is 6.42 Å². The zero-order valence-corrected chi connectivity index (χ0v) is 12.4. The normalized spacial score (nSPS) is 11.1. The maximum atomic E-state index is 9.68. The van der Waals surface area contributed by atoms with Gasteiger partial charge in [-0.05, 0) is 37.1 Å². The Morgan fingerprint density at radius 3 is 2.84 bits per heavy atom. The number of rotatable bonds is 4. The van der Waals surface area contributed by atoms with Crippen molar-refractivity contribution in [2.75, 3.05) is 6.54 Å². The first-order valence-electron chi connectivity index (χ1n) is 6.19. The van der Waals surface area contributed by atoms with Crippen LogP contribution in [0.15, 0.2) is 51.9 Å².